The molecule has 252 valence electrons. The van der Waals surface area contributed by atoms with Gasteiger partial charge in [-0.2, -0.15) is 0 Å². The quantitative estimate of drug-likeness (QED) is 0.168. The van der Waals surface area contributed by atoms with Crippen molar-refractivity contribution in [2.45, 2.75) is 75.9 Å². The molecule has 4 aromatic carbocycles. The van der Waals surface area contributed by atoms with Gasteiger partial charge in [0.15, 0.2) is 0 Å². The van der Waals surface area contributed by atoms with E-state index in [1.165, 1.54) is 23.1 Å². The number of nitrogens with one attached hydrogen (secondary N) is 1. The van der Waals surface area contributed by atoms with Crippen molar-refractivity contribution in [2.24, 2.45) is 0 Å². The fraction of sp³-hybridized carbons (Fsp3) is 0.316. The lowest BCUT2D eigenvalue weighted by Gasteiger charge is -2.35. The summed E-state index contributed by atoms with van der Waals surface area (Å²) in [6.07, 6.45) is 4.93. The van der Waals surface area contributed by atoms with Crippen LogP contribution in [0.15, 0.2) is 102 Å². The lowest BCUT2D eigenvalue weighted by Crippen LogP contribution is -2.55. The number of carbonyl (C=O) groups excluding carboxylic acids is 2. The normalized spacial score (nSPS) is 14.2. The van der Waals surface area contributed by atoms with Crippen LogP contribution in [0.5, 0.6) is 0 Å². The number of carbonyl (C=O) groups is 2. The second kappa shape index (κ2) is 15.8. The molecular formula is C38H41ClFN3O4S. The number of hydrogen-bond donors (Lipinski definition) is 1. The van der Waals surface area contributed by atoms with Crippen LogP contribution in [0.2, 0.25) is 5.02 Å². The molecular weight excluding hydrogens is 649 g/mol. The first-order valence-corrected chi connectivity index (χ1v) is 18.1. The molecule has 0 aromatic heterocycles. The SMILES string of the molecule is Cc1ccc(S(=O)(=O)N(CC(=O)N(Cc2ccccc2F)[C@H](Cc2ccccc2)C(=O)NC2CCCCC2)c2ccc(Cl)cc2C)cc1. The van der Waals surface area contributed by atoms with Crippen molar-refractivity contribution in [3.63, 3.8) is 0 Å². The lowest BCUT2D eigenvalue weighted by molar-refractivity contribution is -0.140. The van der Waals surface area contributed by atoms with Crippen molar-refractivity contribution in [3.05, 3.63) is 130 Å². The van der Waals surface area contributed by atoms with Crippen molar-refractivity contribution in [3.8, 4) is 0 Å². The summed E-state index contributed by atoms with van der Waals surface area (Å²) in [6.45, 7) is 2.71. The van der Waals surface area contributed by atoms with Crippen LogP contribution in [0.4, 0.5) is 10.1 Å². The van der Waals surface area contributed by atoms with Gasteiger partial charge in [-0.3, -0.25) is 13.9 Å². The smallest absolute Gasteiger partial charge is 0.264 e. The molecule has 1 atom stereocenters. The third kappa shape index (κ3) is 8.62. The molecule has 1 N–H and O–H groups in total. The van der Waals surface area contributed by atoms with E-state index >= 15 is 4.39 Å². The van der Waals surface area contributed by atoms with Gasteiger partial charge in [0.05, 0.1) is 10.6 Å². The van der Waals surface area contributed by atoms with Crippen LogP contribution in [0.25, 0.3) is 0 Å². The Labute approximate surface area is 287 Å². The molecule has 4 aromatic rings. The molecule has 7 nitrogen and oxygen atoms in total. The van der Waals surface area contributed by atoms with Crippen LogP contribution in [0.3, 0.4) is 0 Å². The Hall–Kier alpha value is -4.21. The largest absolute Gasteiger partial charge is 0.352 e. The molecule has 0 heterocycles. The zero-order valence-electron chi connectivity index (χ0n) is 27.2. The number of sulfonamides is 1. The molecule has 0 saturated heterocycles. The summed E-state index contributed by atoms with van der Waals surface area (Å²) in [5.41, 5.74) is 2.71. The minimum Gasteiger partial charge on any atom is -0.352 e. The second-order valence-corrected chi connectivity index (χ2v) is 14.7. The minimum absolute atomic E-state index is 0.00628. The first kappa shape index (κ1) is 35.1. The molecule has 10 heteroatoms. The minimum atomic E-state index is -4.28. The number of aryl methyl sites for hydroxylation is 2. The van der Waals surface area contributed by atoms with Gasteiger partial charge in [0, 0.05) is 29.6 Å². The van der Waals surface area contributed by atoms with Crippen molar-refractivity contribution in [1.82, 2.24) is 10.2 Å². The first-order chi connectivity index (χ1) is 23.0. The molecule has 5 rings (SSSR count). The van der Waals surface area contributed by atoms with Gasteiger partial charge in [-0.15, -0.1) is 0 Å². The van der Waals surface area contributed by atoms with Crippen molar-refractivity contribution >= 4 is 39.1 Å². The molecule has 48 heavy (non-hydrogen) atoms. The van der Waals surface area contributed by atoms with E-state index in [4.69, 9.17) is 11.6 Å². The van der Waals surface area contributed by atoms with Crippen molar-refractivity contribution in [1.29, 1.82) is 0 Å². The number of benzene rings is 4. The molecule has 0 radical (unpaired) electrons. The van der Waals surface area contributed by atoms with Gasteiger partial charge < -0.3 is 10.2 Å². The van der Waals surface area contributed by atoms with E-state index in [1.54, 1.807) is 55.5 Å². The second-order valence-electron chi connectivity index (χ2n) is 12.4. The summed E-state index contributed by atoms with van der Waals surface area (Å²) in [7, 11) is -4.28. The highest BCUT2D eigenvalue weighted by Crippen LogP contribution is 2.30. The van der Waals surface area contributed by atoms with E-state index in [0.29, 0.717) is 10.6 Å². The van der Waals surface area contributed by atoms with Gasteiger partial charge in [0.1, 0.15) is 18.4 Å². The molecule has 2 amide bonds. The summed E-state index contributed by atoms with van der Waals surface area (Å²) >= 11 is 6.24. The average Bonchev–Trinajstić information content (AvgIpc) is 3.07. The van der Waals surface area contributed by atoms with Gasteiger partial charge in [-0.05, 0) is 74.2 Å². The topological polar surface area (TPSA) is 86.8 Å². The van der Waals surface area contributed by atoms with Crippen LogP contribution >= 0.6 is 11.6 Å². The third-order valence-electron chi connectivity index (χ3n) is 8.84. The molecule has 1 aliphatic rings. The van der Waals surface area contributed by atoms with Gasteiger partial charge in [0.25, 0.3) is 10.0 Å². The maximum atomic E-state index is 15.2. The predicted octanol–water partition coefficient (Wildman–Crippen LogP) is 7.38. The fourth-order valence-electron chi connectivity index (χ4n) is 6.16. The Morgan fingerprint density at radius 3 is 2.23 bits per heavy atom. The van der Waals surface area contributed by atoms with Gasteiger partial charge in [0.2, 0.25) is 11.8 Å². The summed E-state index contributed by atoms with van der Waals surface area (Å²) in [6, 6.07) is 25.5. The third-order valence-corrected chi connectivity index (χ3v) is 10.8. The summed E-state index contributed by atoms with van der Waals surface area (Å²) in [4.78, 5) is 30.2. The van der Waals surface area contributed by atoms with E-state index < -0.39 is 34.3 Å². The number of rotatable bonds is 12. The number of halogens is 2. The number of hydrogen-bond acceptors (Lipinski definition) is 4. The predicted molar refractivity (Wildman–Crippen MR) is 188 cm³/mol. The molecule has 1 aliphatic carbocycles. The van der Waals surface area contributed by atoms with Gasteiger partial charge >= 0.3 is 0 Å². The zero-order valence-corrected chi connectivity index (χ0v) is 28.8. The molecule has 0 aliphatic heterocycles. The van der Waals surface area contributed by atoms with Gasteiger partial charge in [-0.1, -0.05) is 97.1 Å². The van der Waals surface area contributed by atoms with Crippen LogP contribution < -0.4 is 9.62 Å². The highest BCUT2D eigenvalue weighted by Gasteiger charge is 2.36. The highest BCUT2D eigenvalue weighted by molar-refractivity contribution is 7.92. The van der Waals surface area contributed by atoms with E-state index in [9.17, 15) is 18.0 Å². The van der Waals surface area contributed by atoms with Crippen LogP contribution in [-0.4, -0.2) is 43.8 Å². The highest BCUT2D eigenvalue weighted by atomic mass is 35.5. The molecule has 1 fully saturated rings. The number of nitrogens with zero attached hydrogens (tertiary/aromatic N) is 2. The number of amides is 2. The summed E-state index contributed by atoms with van der Waals surface area (Å²) < 4.78 is 44.8. The van der Waals surface area contributed by atoms with Crippen molar-refractivity contribution < 1.29 is 22.4 Å². The Kier molecular flexibility index (Phi) is 11.5. The van der Waals surface area contributed by atoms with Crippen LogP contribution in [0.1, 0.15) is 54.4 Å². The van der Waals surface area contributed by atoms with E-state index in [-0.39, 0.29) is 41.1 Å². The monoisotopic (exact) mass is 689 g/mol. The first-order valence-electron chi connectivity index (χ1n) is 16.3. The Bertz CT molecular complexity index is 1830. The summed E-state index contributed by atoms with van der Waals surface area (Å²) in [5.74, 6) is -1.53. The van der Waals surface area contributed by atoms with Crippen LogP contribution in [0, 0.1) is 19.7 Å². The maximum Gasteiger partial charge on any atom is 0.264 e. The van der Waals surface area contributed by atoms with Crippen LogP contribution in [-0.2, 0) is 32.6 Å². The van der Waals surface area contributed by atoms with E-state index in [0.717, 1.165) is 47.5 Å². The van der Waals surface area contributed by atoms with Gasteiger partial charge in [-0.25, -0.2) is 12.8 Å². The molecule has 0 unspecified atom stereocenters. The Morgan fingerprint density at radius 2 is 1.56 bits per heavy atom. The fourth-order valence-corrected chi connectivity index (χ4v) is 7.86. The number of anilines is 1. The van der Waals surface area contributed by atoms with E-state index in [2.05, 4.69) is 5.32 Å². The maximum absolute atomic E-state index is 15.2. The summed E-state index contributed by atoms with van der Waals surface area (Å²) in [5, 5.41) is 3.58. The average molecular weight is 690 g/mol. The molecule has 0 spiro atoms. The molecule has 1 saturated carbocycles. The standard InChI is InChI=1S/C38H41ClFN3O4S/c1-27-17-20-33(21-18-27)48(46,47)43(35-22-19-31(39)23-28(35)2)26-37(44)42(25-30-13-9-10-16-34(30)40)36(24-29-11-5-3-6-12-29)38(45)41-32-14-7-4-8-15-32/h3,5-6,9-13,16-23,32,36H,4,7-8,14-15,24-26H2,1-2H3,(H,41,45)/t36-/m1/s1. The molecule has 0 bridgehead atoms. The zero-order chi connectivity index (χ0) is 34.3. The van der Waals surface area contributed by atoms with E-state index in [1.807, 2.05) is 37.3 Å². The van der Waals surface area contributed by atoms with Crippen molar-refractivity contribution in [2.75, 3.05) is 10.8 Å². The Balaban J connectivity index is 1.59. The lowest BCUT2D eigenvalue weighted by atomic mass is 9.94. The Morgan fingerprint density at radius 1 is 0.896 bits per heavy atom.